The second-order valence-corrected chi connectivity index (χ2v) is 7.61. The van der Waals surface area contributed by atoms with Gasteiger partial charge in [-0.15, -0.1) is 48.0 Å². The van der Waals surface area contributed by atoms with Crippen LogP contribution in [0.4, 0.5) is 0 Å². The molecule has 23 heavy (non-hydrogen) atoms. The second kappa shape index (κ2) is 24.1. The molecule has 0 aliphatic carbocycles. The Labute approximate surface area is 199 Å². The lowest BCUT2D eigenvalue weighted by Gasteiger charge is -2.23. The normalized spacial score (nSPS) is 10.4. The minimum Gasteiger partial charge on any atom is -1.00 e. The summed E-state index contributed by atoms with van der Waals surface area (Å²) in [5, 5.41) is 0. The highest BCUT2D eigenvalue weighted by Gasteiger charge is 2.04. The standard InChI is InChI=1S/C19H42N.3HI/c1-5-6-7-8-9-10-11-12-13-14-15-16-17-18-19-20(2,3)4;;;/h5-19H2,1-4H3;3*1H/q+1;;;/p-1. The molecule has 0 saturated carbocycles. The first-order chi connectivity index (χ1) is 9.56. The van der Waals surface area contributed by atoms with E-state index in [0.717, 1.165) is 4.48 Å². The summed E-state index contributed by atoms with van der Waals surface area (Å²) in [4.78, 5) is 0. The maximum atomic E-state index is 2.29. The molecule has 1 nitrogen and oxygen atoms in total. The van der Waals surface area contributed by atoms with Crippen LogP contribution < -0.4 is 24.0 Å². The van der Waals surface area contributed by atoms with Crippen LogP contribution in [0.25, 0.3) is 0 Å². The molecule has 0 saturated heterocycles. The first kappa shape index (κ1) is 32.8. The Bertz CT molecular complexity index is 194. The van der Waals surface area contributed by atoms with E-state index in [4.69, 9.17) is 0 Å². The van der Waals surface area contributed by atoms with Crippen molar-refractivity contribution in [3.63, 3.8) is 0 Å². The summed E-state index contributed by atoms with van der Waals surface area (Å²) >= 11 is 0. The van der Waals surface area contributed by atoms with Crippen LogP contribution in [0.1, 0.15) is 96.8 Å². The molecule has 0 aliphatic heterocycles. The van der Waals surface area contributed by atoms with Gasteiger partial charge in [-0.05, 0) is 12.8 Å². The Morgan fingerprint density at radius 3 is 1.00 bits per heavy atom. The van der Waals surface area contributed by atoms with Crippen LogP contribution in [0.15, 0.2) is 0 Å². The molecule has 0 aliphatic rings. The molecule has 0 amide bonds. The van der Waals surface area contributed by atoms with Gasteiger partial charge in [0.05, 0.1) is 27.7 Å². The summed E-state index contributed by atoms with van der Waals surface area (Å²) in [6.07, 6.45) is 20.4. The highest BCUT2D eigenvalue weighted by Crippen LogP contribution is 2.13. The van der Waals surface area contributed by atoms with Crippen LogP contribution >= 0.6 is 48.0 Å². The van der Waals surface area contributed by atoms with Crippen molar-refractivity contribution in [2.24, 2.45) is 0 Å². The zero-order chi connectivity index (χ0) is 15.1. The fourth-order valence-electron chi connectivity index (χ4n) is 2.78. The Kier molecular flexibility index (Phi) is 34.4. The molecule has 0 heterocycles. The van der Waals surface area contributed by atoms with Crippen molar-refractivity contribution in [1.82, 2.24) is 0 Å². The van der Waals surface area contributed by atoms with Gasteiger partial charge in [0.15, 0.2) is 0 Å². The summed E-state index contributed by atoms with van der Waals surface area (Å²) in [6, 6.07) is 0. The van der Waals surface area contributed by atoms with E-state index >= 15 is 0 Å². The lowest BCUT2D eigenvalue weighted by molar-refractivity contribution is -0.870. The van der Waals surface area contributed by atoms with Crippen molar-refractivity contribution in [2.45, 2.75) is 96.8 Å². The highest BCUT2D eigenvalue weighted by molar-refractivity contribution is 14.0. The van der Waals surface area contributed by atoms with Gasteiger partial charge < -0.3 is 28.5 Å². The van der Waals surface area contributed by atoms with E-state index in [9.17, 15) is 0 Å². The van der Waals surface area contributed by atoms with Crippen molar-refractivity contribution >= 4 is 48.0 Å². The lowest BCUT2D eigenvalue weighted by atomic mass is 10.0. The van der Waals surface area contributed by atoms with E-state index in [1.807, 2.05) is 0 Å². The zero-order valence-electron chi connectivity index (χ0n) is 16.2. The third kappa shape index (κ3) is 32.3. The fraction of sp³-hybridized carbons (Fsp3) is 1.00. The molecule has 0 radical (unpaired) electrons. The number of nitrogens with zero attached hydrogens (tertiary/aromatic N) is 1. The molecule has 4 heteroatoms. The Morgan fingerprint density at radius 2 is 0.739 bits per heavy atom. The van der Waals surface area contributed by atoms with Gasteiger partial charge in [0.25, 0.3) is 0 Å². The zero-order valence-corrected chi connectivity index (χ0v) is 23.1. The van der Waals surface area contributed by atoms with Crippen LogP contribution in [-0.2, 0) is 0 Å². The third-order valence-corrected chi connectivity index (χ3v) is 4.18. The van der Waals surface area contributed by atoms with Gasteiger partial charge in [0.2, 0.25) is 0 Å². The molecule has 0 fully saturated rings. The van der Waals surface area contributed by atoms with E-state index in [2.05, 4.69) is 28.1 Å². The van der Waals surface area contributed by atoms with Gasteiger partial charge in [0.1, 0.15) is 0 Å². The van der Waals surface area contributed by atoms with Crippen LogP contribution in [-0.4, -0.2) is 32.2 Å². The molecule has 146 valence electrons. The molecule has 0 bridgehead atoms. The van der Waals surface area contributed by atoms with Crippen LogP contribution in [0.3, 0.4) is 0 Å². The molecule has 0 spiro atoms. The van der Waals surface area contributed by atoms with Crippen molar-refractivity contribution < 1.29 is 28.5 Å². The Morgan fingerprint density at radius 1 is 0.478 bits per heavy atom. The average molecular weight is 667 g/mol. The smallest absolute Gasteiger partial charge is 0.0780 e. The van der Waals surface area contributed by atoms with Gasteiger partial charge in [-0.2, -0.15) is 0 Å². The molecule has 0 N–H and O–H groups in total. The fourth-order valence-corrected chi connectivity index (χ4v) is 2.78. The van der Waals surface area contributed by atoms with Crippen LogP contribution in [0.5, 0.6) is 0 Å². The summed E-state index contributed by atoms with van der Waals surface area (Å²) in [5.41, 5.74) is 0. The maximum Gasteiger partial charge on any atom is 0.0780 e. The summed E-state index contributed by atoms with van der Waals surface area (Å²) < 4.78 is 1.12. The van der Waals surface area contributed by atoms with E-state index in [1.165, 1.54) is 96.4 Å². The maximum absolute atomic E-state index is 2.29. The van der Waals surface area contributed by atoms with Crippen molar-refractivity contribution in [3.05, 3.63) is 0 Å². The number of halogens is 3. The lowest BCUT2D eigenvalue weighted by Crippen LogP contribution is -3.00. The molecule has 0 aromatic heterocycles. The van der Waals surface area contributed by atoms with Crippen molar-refractivity contribution in [1.29, 1.82) is 0 Å². The Hall–Kier alpha value is 2.15. The number of hydrogen-bond acceptors (Lipinski definition) is 0. The van der Waals surface area contributed by atoms with E-state index < -0.39 is 0 Å². The minimum absolute atomic E-state index is 0. The SMILES string of the molecule is CCCCCCCCCCCCCCCC[N+](C)(C)C.I.I.[I-]. The van der Waals surface area contributed by atoms with Gasteiger partial charge in [-0.1, -0.05) is 84.0 Å². The van der Waals surface area contributed by atoms with Crippen molar-refractivity contribution in [3.8, 4) is 0 Å². The summed E-state index contributed by atoms with van der Waals surface area (Å²) in [7, 11) is 6.88. The van der Waals surface area contributed by atoms with Gasteiger partial charge in [-0.3, -0.25) is 0 Å². The van der Waals surface area contributed by atoms with Crippen molar-refractivity contribution in [2.75, 3.05) is 27.7 Å². The number of hydrogen-bond donors (Lipinski definition) is 0. The summed E-state index contributed by atoms with van der Waals surface area (Å²) in [6.45, 7) is 3.63. The molecule has 0 aromatic carbocycles. The average Bonchev–Trinajstić information content (AvgIpc) is 2.38. The topological polar surface area (TPSA) is 0 Å². The van der Waals surface area contributed by atoms with Crippen LogP contribution in [0.2, 0.25) is 0 Å². The summed E-state index contributed by atoms with van der Waals surface area (Å²) in [5.74, 6) is 0. The predicted octanol–water partition coefficient (Wildman–Crippen LogP) is 4.41. The number of quaternary nitrogens is 1. The second-order valence-electron chi connectivity index (χ2n) is 7.61. The van der Waals surface area contributed by atoms with Crippen LogP contribution in [0, 0.1) is 0 Å². The molecular formula is C19H44I3N. The third-order valence-electron chi connectivity index (χ3n) is 4.18. The van der Waals surface area contributed by atoms with E-state index in [-0.39, 0.29) is 71.9 Å². The molecule has 0 unspecified atom stereocenters. The van der Waals surface area contributed by atoms with E-state index in [0.29, 0.717) is 0 Å². The predicted molar refractivity (Wildman–Crippen MR) is 124 cm³/mol. The minimum atomic E-state index is 0. The molecule has 0 aromatic rings. The monoisotopic (exact) mass is 667 g/mol. The first-order valence-electron chi connectivity index (χ1n) is 9.36. The molecule has 0 rings (SSSR count). The van der Waals surface area contributed by atoms with Gasteiger partial charge >= 0.3 is 0 Å². The quantitative estimate of drug-likeness (QED) is 0.138. The van der Waals surface area contributed by atoms with E-state index in [1.54, 1.807) is 0 Å². The first-order valence-corrected chi connectivity index (χ1v) is 9.36. The molecule has 0 atom stereocenters. The highest BCUT2D eigenvalue weighted by atomic mass is 127. The number of unbranched alkanes of at least 4 members (excludes halogenated alkanes) is 13. The number of rotatable bonds is 15. The van der Waals surface area contributed by atoms with Gasteiger partial charge in [0, 0.05) is 0 Å². The molecular weight excluding hydrogens is 623 g/mol. The Balaban J connectivity index is -0.000000602. The van der Waals surface area contributed by atoms with Gasteiger partial charge in [-0.25, -0.2) is 0 Å². The largest absolute Gasteiger partial charge is 1.00 e.